The number of nitrogens with zero attached hydrogens (tertiary/aromatic N) is 3. The second-order valence-electron chi connectivity index (χ2n) is 4.80. The summed E-state index contributed by atoms with van der Waals surface area (Å²) in [6.07, 6.45) is 1.79. The van der Waals surface area contributed by atoms with Gasteiger partial charge in [0.15, 0.2) is 5.82 Å². The third kappa shape index (κ3) is 1.97. The molecule has 21 heavy (non-hydrogen) atoms. The molecule has 0 aliphatic carbocycles. The first-order chi connectivity index (χ1) is 10.3. The van der Waals surface area contributed by atoms with Crippen molar-refractivity contribution in [1.29, 1.82) is 0 Å². The second-order valence-corrected chi connectivity index (χ2v) is 4.80. The molecule has 0 amide bonds. The van der Waals surface area contributed by atoms with Crippen LogP contribution < -0.4 is 0 Å². The highest BCUT2D eigenvalue weighted by Crippen LogP contribution is 2.25. The van der Waals surface area contributed by atoms with Crippen LogP contribution in [-0.4, -0.2) is 20.1 Å². The molecule has 2 heterocycles. The van der Waals surface area contributed by atoms with E-state index in [-0.39, 0.29) is 5.75 Å². The molecule has 0 radical (unpaired) electrons. The first-order valence-electron chi connectivity index (χ1n) is 6.62. The highest BCUT2D eigenvalue weighted by molar-refractivity contribution is 5.86. The van der Waals surface area contributed by atoms with Crippen LogP contribution in [0.1, 0.15) is 0 Å². The standard InChI is InChI=1S/C17H11N3O/c21-15-7-3-5-11-8-9-14(19-16(11)15)17-18-10-12-4-1-2-6-13(12)20-17/h1-10,21H. The van der Waals surface area contributed by atoms with E-state index >= 15 is 0 Å². The van der Waals surface area contributed by atoms with E-state index in [1.807, 2.05) is 42.5 Å². The molecule has 0 bridgehead atoms. The van der Waals surface area contributed by atoms with Gasteiger partial charge in [-0.2, -0.15) is 0 Å². The first kappa shape index (κ1) is 11.8. The smallest absolute Gasteiger partial charge is 0.178 e. The summed E-state index contributed by atoms with van der Waals surface area (Å²) in [5.41, 5.74) is 2.09. The zero-order valence-electron chi connectivity index (χ0n) is 11.1. The lowest BCUT2D eigenvalue weighted by Gasteiger charge is -2.04. The molecule has 100 valence electrons. The molecule has 2 aromatic carbocycles. The van der Waals surface area contributed by atoms with Crippen LogP contribution in [0.15, 0.2) is 60.8 Å². The van der Waals surface area contributed by atoms with Gasteiger partial charge in [0.25, 0.3) is 0 Å². The van der Waals surface area contributed by atoms with E-state index in [2.05, 4.69) is 15.0 Å². The number of phenolic OH excluding ortho intramolecular Hbond substituents is 1. The molecule has 0 spiro atoms. The second kappa shape index (κ2) is 4.52. The van der Waals surface area contributed by atoms with Crippen LogP contribution in [0, 0.1) is 0 Å². The Bertz CT molecular complexity index is 966. The van der Waals surface area contributed by atoms with Crippen molar-refractivity contribution in [2.45, 2.75) is 0 Å². The zero-order valence-corrected chi connectivity index (χ0v) is 11.1. The summed E-state index contributed by atoms with van der Waals surface area (Å²) in [6.45, 7) is 0. The molecule has 4 rings (SSSR count). The number of benzene rings is 2. The Labute approximate surface area is 120 Å². The summed E-state index contributed by atoms with van der Waals surface area (Å²) in [7, 11) is 0. The number of pyridine rings is 1. The number of aromatic hydroxyl groups is 1. The SMILES string of the molecule is Oc1cccc2ccc(-c3ncc4ccccc4n3)nc12. The minimum Gasteiger partial charge on any atom is -0.506 e. The fourth-order valence-corrected chi connectivity index (χ4v) is 2.35. The van der Waals surface area contributed by atoms with Gasteiger partial charge in [-0.1, -0.05) is 36.4 Å². The van der Waals surface area contributed by atoms with Gasteiger partial charge >= 0.3 is 0 Å². The van der Waals surface area contributed by atoms with Gasteiger partial charge in [0.1, 0.15) is 17.0 Å². The van der Waals surface area contributed by atoms with Crippen LogP contribution in [0.4, 0.5) is 0 Å². The minimum atomic E-state index is 0.162. The number of rotatable bonds is 1. The van der Waals surface area contributed by atoms with Gasteiger partial charge in [-0.05, 0) is 18.2 Å². The van der Waals surface area contributed by atoms with E-state index in [0.717, 1.165) is 16.3 Å². The Balaban J connectivity index is 1.93. The maximum absolute atomic E-state index is 9.91. The van der Waals surface area contributed by atoms with Gasteiger partial charge in [0, 0.05) is 17.0 Å². The van der Waals surface area contributed by atoms with Crippen LogP contribution in [-0.2, 0) is 0 Å². The molecule has 0 aliphatic rings. The predicted octanol–water partition coefficient (Wildman–Crippen LogP) is 3.55. The molecule has 4 heteroatoms. The Morgan fingerprint density at radius 1 is 0.762 bits per heavy atom. The third-order valence-corrected chi connectivity index (χ3v) is 3.42. The lowest BCUT2D eigenvalue weighted by atomic mass is 10.2. The van der Waals surface area contributed by atoms with Crippen molar-refractivity contribution in [3.05, 3.63) is 60.8 Å². The molecular weight excluding hydrogens is 262 g/mol. The van der Waals surface area contributed by atoms with Gasteiger partial charge in [-0.15, -0.1) is 0 Å². The Morgan fingerprint density at radius 2 is 1.62 bits per heavy atom. The number of phenols is 1. The van der Waals surface area contributed by atoms with E-state index in [9.17, 15) is 5.11 Å². The maximum Gasteiger partial charge on any atom is 0.178 e. The van der Waals surface area contributed by atoms with Crippen LogP contribution in [0.2, 0.25) is 0 Å². The first-order valence-corrected chi connectivity index (χ1v) is 6.62. The monoisotopic (exact) mass is 273 g/mol. The van der Waals surface area contributed by atoms with Gasteiger partial charge in [-0.25, -0.2) is 15.0 Å². The fraction of sp³-hybridized carbons (Fsp3) is 0. The van der Waals surface area contributed by atoms with Crippen LogP contribution in [0.3, 0.4) is 0 Å². The number of hydrogen-bond acceptors (Lipinski definition) is 4. The van der Waals surface area contributed by atoms with Gasteiger partial charge in [0.2, 0.25) is 0 Å². The molecule has 0 aliphatic heterocycles. The predicted molar refractivity (Wildman–Crippen MR) is 81.9 cm³/mol. The van der Waals surface area contributed by atoms with Crippen molar-refractivity contribution in [2.75, 3.05) is 0 Å². The molecule has 0 atom stereocenters. The summed E-state index contributed by atoms with van der Waals surface area (Å²) >= 11 is 0. The Morgan fingerprint density at radius 3 is 2.57 bits per heavy atom. The maximum atomic E-state index is 9.91. The fourth-order valence-electron chi connectivity index (χ4n) is 2.35. The van der Waals surface area contributed by atoms with Crippen molar-refractivity contribution in [1.82, 2.24) is 15.0 Å². The van der Waals surface area contributed by atoms with E-state index in [0.29, 0.717) is 17.0 Å². The van der Waals surface area contributed by atoms with Crippen molar-refractivity contribution in [3.63, 3.8) is 0 Å². The number of hydrogen-bond donors (Lipinski definition) is 1. The zero-order chi connectivity index (χ0) is 14.2. The van der Waals surface area contributed by atoms with Crippen molar-refractivity contribution in [2.24, 2.45) is 0 Å². The number of para-hydroxylation sites is 2. The van der Waals surface area contributed by atoms with E-state index in [1.54, 1.807) is 18.3 Å². The van der Waals surface area contributed by atoms with Crippen LogP contribution in [0.5, 0.6) is 5.75 Å². The molecule has 0 unspecified atom stereocenters. The van der Waals surface area contributed by atoms with Crippen LogP contribution >= 0.6 is 0 Å². The van der Waals surface area contributed by atoms with E-state index < -0.39 is 0 Å². The summed E-state index contributed by atoms with van der Waals surface area (Å²) in [4.78, 5) is 13.4. The van der Waals surface area contributed by atoms with Gasteiger partial charge < -0.3 is 5.11 Å². The van der Waals surface area contributed by atoms with Crippen molar-refractivity contribution >= 4 is 21.8 Å². The van der Waals surface area contributed by atoms with E-state index in [4.69, 9.17) is 0 Å². The Hall–Kier alpha value is -3.01. The highest BCUT2D eigenvalue weighted by atomic mass is 16.3. The number of fused-ring (bicyclic) bond motifs is 2. The van der Waals surface area contributed by atoms with Gasteiger partial charge in [-0.3, -0.25) is 0 Å². The molecule has 1 N–H and O–H groups in total. The normalized spacial score (nSPS) is 11.0. The summed E-state index contributed by atoms with van der Waals surface area (Å²) in [6, 6.07) is 16.9. The van der Waals surface area contributed by atoms with Crippen LogP contribution in [0.25, 0.3) is 33.3 Å². The molecular formula is C17H11N3O. The largest absolute Gasteiger partial charge is 0.506 e. The van der Waals surface area contributed by atoms with E-state index in [1.165, 1.54) is 0 Å². The topological polar surface area (TPSA) is 58.9 Å². The molecule has 2 aromatic heterocycles. The number of aromatic nitrogens is 3. The summed E-state index contributed by atoms with van der Waals surface area (Å²) in [5.74, 6) is 0.717. The summed E-state index contributed by atoms with van der Waals surface area (Å²) in [5, 5.41) is 11.8. The van der Waals surface area contributed by atoms with Gasteiger partial charge in [0.05, 0.1) is 5.52 Å². The summed E-state index contributed by atoms with van der Waals surface area (Å²) < 4.78 is 0. The lowest BCUT2D eigenvalue weighted by molar-refractivity contribution is 0.480. The van der Waals surface area contributed by atoms with Crippen molar-refractivity contribution in [3.8, 4) is 17.3 Å². The van der Waals surface area contributed by atoms with Crippen molar-refractivity contribution < 1.29 is 5.11 Å². The lowest BCUT2D eigenvalue weighted by Crippen LogP contribution is -1.93. The average Bonchev–Trinajstić information content (AvgIpc) is 2.54. The molecule has 0 fully saturated rings. The molecule has 0 saturated carbocycles. The average molecular weight is 273 g/mol. The highest BCUT2D eigenvalue weighted by Gasteiger charge is 2.07. The third-order valence-electron chi connectivity index (χ3n) is 3.42. The molecule has 0 saturated heterocycles. The quantitative estimate of drug-likeness (QED) is 0.576. The molecule has 4 nitrogen and oxygen atoms in total. The molecule has 4 aromatic rings. The minimum absolute atomic E-state index is 0.162. The Kier molecular flexibility index (Phi) is 2.54.